The van der Waals surface area contributed by atoms with E-state index < -0.39 is 36.3 Å². The summed E-state index contributed by atoms with van der Waals surface area (Å²) in [6.07, 6.45) is -2.24. The summed E-state index contributed by atoms with van der Waals surface area (Å²) < 4.78 is 37.2. The summed E-state index contributed by atoms with van der Waals surface area (Å²) >= 11 is 0. The van der Waals surface area contributed by atoms with Gasteiger partial charge in [0.2, 0.25) is 0 Å². The number of alkyl halides is 3. The van der Waals surface area contributed by atoms with Crippen molar-refractivity contribution in [1.29, 1.82) is 0 Å². The normalized spacial score (nSPS) is 21.4. The first kappa shape index (κ1) is 14.0. The predicted octanol–water partition coefficient (Wildman–Crippen LogP) is 1.73. The van der Waals surface area contributed by atoms with Gasteiger partial charge in [-0.2, -0.15) is 13.2 Å². The van der Waals surface area contributed by atoms with Crippen molar-refractivity contribution in [3.05, 3.63) is 0 Å². The molecule has 0 atom stereocenters. The lowest BCUT2D eigenvalue weighted by Crippen LogP contribution is -2.62. The molecule has 2 fully saturated rings. The van der Waals surface area contributed by atoms with Crippen molar-refractivity contribution in [1.82, 2.24) is 10.2 Å². The third-order valence-corrected chi connectivity index (χ3v) is 3.56. The number of carboxylic acids is 1. The van der Waals surface area contributed by atoms with Crippen molar-refractivity contribution in [2.75, 3.05) is 6.54 Å². The van der Waals surface area contributed by atoms with Crippen molar-refractivity contribution in [2.24, 2.45) is 0 Å². The summed E-state index contributed by atoms with van der Waals surface area (Å²) in [6.45, 7) is -1.33. The van der Waals surface area contributed by atoms with Gasteiger partial charge in [0.15, 0.2) is 0 Å². The van der Waals surface area contributed by atoms with Gasteiger partial charge in [0.25, 0.3) is 0 Å². The molecule has 8 heteroatoms. The number of hydrogen-bond donors (Lipinski definition) is 2. The molecule has 0 aromatic carbocycles. The van der Waals surface area contributed by atoms with Gasteiger partial charge in [-0.3, -0.25) is 0 Å². The highest BCUT2D eigenvalue weighted by molar-refractivity contribution is 5.87. The van der Waals surface area contributed by atoms with Crippen molar-refractivity contribution in [3.63, 3.8) is 0 Å². The number of carboxylic acid groups (broad SMARTS) is 1. The van der Waals surface area contributed by atoms with Crippen LogP contribution >= 0.6 is 0 Å². The quantitative estimate of drug-likeness (QED) is 0.824. The molecule has 5 nitrogen and oxygen atoms in total. The number of rotatable bonds is 4. The summed E-state index contributed by atoms with van der Waals surface area (Å²) in [5, 5.41) is 11.3. The molecule has 2 amide bonds. The van der Waals surface area contributed by atoms with Gasteiger partial charge in [0.1, 0.15) is 12.1 Å². The number of carbonyl (C=O) groups excluding carboxylic acids is 1. The largest absolute Gasteiger partial charge is 0.480 e. The first-order valence-corrected chi connectivity index (χ1v) is 6.12. The molecule has 0 heterocycles. The fourth-order valence-electron chi connectivity index (χ4n) is 2.15. The molecule has 19 heavy (non-hydrogen) atoms. The Labute approximate surface area is 107 Å². The molecular formula is C11H15F3N2O3. The van der Waals surface area contributed by atoms with E-state index in [4.69, 9.17) is 5.11 Å². The van der Waals surface area contributed by atoms with Gasteiger partial charge in [0.05, 0.1) is 0 Å². The zero-order valence-corrected chi connectivity index (χ0v) is 10.2. The molecule has 0 aromatic rings. The summed E-state index contributed by atoms with van der Waals surface area (Å²) in [5.41, 5.74) is -1.38. The van der Waals surface area contributed by atoms with Crippen LogP contribution in [0.15, 0.2) is 0 Å². The average molecular weight is 280 g/mol. The van der Waals surface area contributed by atoms with Gasteiger partial charge in [-0.15, -0.1) is 0 Å². The van der Waals surface area contributed by atoms with Crippen LogP contribution < -0.4 is 5.32 Å². The van der Waals surface area contributed by atoms with Crippen LogP contribution in [0.2, 0.25) is 0 Å². The maximum Gasteiger partial charge on any atom is 0.406 e. The fourth-order valence-corrected chi connectivity index (χ4v) is 2.15. The number of aliphatic carboxylic acids is 1. The predicted molar refractivity (Wildman–Crippen MR) is 58.5 cm³/mol. The molecular weight excluding hydrogens is 265 g/mol. The van der Waals surface area contributed by atoms with E-state index in [1.807, 2.05) is 0 Å². The SMILES string of the molecule is O=C(NC1(C(=O)O)CCC1)N(CC(F)(F)F)C1CC1. The Balaban J connectivity index is 2.02. The Morgan fingerprint density at radius 2 is 1.89 bits per heavy atom. The summed E-state index contributed by atoms with van der Waals surface area (Å²) in [6, 6.07) is -1.35. The molecule has 0 spiro atoms. The Morgan fingerprint density at radius 3 is 2.21 bits per heavy atom. The van der Waals surface area contributed by atoms with Gasteiger partial charge in [-0.25, -0.2) is 9.59 Å². The summed E-state index contributed by atoms with van der Waals surface area (Å²) in [4.78, 5) is 23.6. The molecule has 0 saturated heterocycles. The van der Waals surface area contributed by atoms with Gasteiger partial charge in [-0.1, -0.05) is 0 Å². The Kier molecular flexibility index (Phi) is 3.36. The summed E-state index contributed by atoms with van der Waals surface area (Å²) in [5.74, 6) is -1.19. The number of halogens is 3. The zero-order chi connectivity index (χ0) is 14.3. The Morgan fingerprint density at radius 1 is 1.32 bits per heavy atom. The van der Waals surface area contributed by atoms with Crippen molar-refractivity contribution >= 4 is 12.0 Å². The van der Waals surface area contributed by atoms with Crippen LogP contribution in [0.25, 0.3) is 0 Å². The highest BCUT2D eigenvalue weighted by Gasteiger charge is 2.48. The van der Waals surface area contributed by atoms with Gasteiger partial charge in [-0.05, 0) is 32.1 Å². The van der Waals surface area contributed by atoms with Gasteiger partial charge >= 0.3 is 18.2 Å². The monoisotopic (exact) mass is 280 g/mol. The average Bonchev–Trinajstić information content (AvgIpc) is 3.01. The molecule has 0 unspecified atom stereocenters. The highest BCUT2D eigenvalue weighted by Crippen LogP contribution is 2.34. The van der Waals surface area contributed by atoms with E-state index in [0.29, 0.717) is 24.2 Å². The minimum Gasteiger partial charge on any atom is -0.480 e. The van der Waals surface area contributed by atoms with Crippen LogP contribution in [0, 0.1) is 0 Å². The third-order valence-electron chi connectivity index (χ3n) is 3.56. The smallest absolute Gasteiger partial charge is 0.406 e. The topological polar surface area (TPSA) is 69.6 Å². The van der Waals surface area contributed by atoms with Gasteiger partial charge < -0.3 is 15.3 Å². The third kappa shape index (κ3) is 3.10. The van der Waals surface area contributed by atoms with Crippen LogP contribution in [-0.4, -0.2) is 46.3 Å². The second kappa shape index (κ2) is 4.57. The number of carbonyl (C=O) groups is 2. The second-order valence-corrected chi connectivity index (χ2v) is 5.15. The number of nitrogens with zero attached hydrogens (tertiary/aromatic N) is 1. The van der Waals surface area contributed by atoms with Crippen molar-refractivity contribution in [3.8, 4) is 0 Å². The molecule has 0 aliphatic heterocycles. The number of urea groups is 1. The number of hydrogen-bond acceptors (Lipinski definition) is 2. The molecule has 108 valence electrons. The fraction of sp³-hybridized carbons (Fsp3) is 0.818. The van der Waals surface area contributed by atoms with Crippen LogP contribution in [-0.2, 0) is 4.79 Å². The van der Waals surface area contributed by atoms with E-state index >= 15 is 0 Å². The van der Waals surface area contributed by atoms with E-state index in [-0.39, 0.29) is 12.8 Å². The maximum atomic E-state index is 12.4. The molecule has 2 rings (SSSR count). The number of nitrogens with one attached hydrogen (secondary N) is 1. The standard InChI is InChI=1S/C11H15F3N2O3/c12-11(13,14)6-16(7-2-3-7)9(19)15-10(8(17)18)4-1-5-10/h7H,1-6H2,(H,15,19)(H,17,18). The maximum absolute atomic E-state index is 12.4. The van der Waals surface area contributed by atoms with Crippen LogP contribution in [0.1, 0.15) is 32.1 Å². The second-order valence-electron chi connectivity index (χ2n) is 5.15. The van der Waals surface area contributed by atoms with E-state index in [9.17, 15) is 22.8 Å². The minimum absolute atomic E-state index is 0.262. The molecule has 0 aromatic heterocycles. The first-order chi connectivity index (χ1) is 8.73. The molecule has 2 aliphatic rings. The van der Waals surface area contributed by atoms with E-state index in [1.54, 1.807) is 0 Å². The first-order valence-electron chi connectivity index (χ1n) is 6.12. The lowest BCUT2D eigenvalue weighted by Gasteiger charge is -2.39. The molecule has 0 radical (unpaired) electrons. The van der Waals surface area contributed by atoms with Crippen LogP contribution in [0.3, 0.4) is 0 Å². The van der Waals surface area contributed by atoms with E-state index in [0.717, 1.165) is 0 Å². The minimum atomic E-state index is -4.48. The number of amides is 2. The molecule has 2 saturated carbocycles. The Bertz CT molecular complexity index is 389. The summed E-state index contributed by atoms with van der Waals surface area (Å²) in [7, 11) is 0. The zero-order valence-electron chi connectivity index (χ0n) is 10.2. The van der Waals surface area contributed by atoms with Crippen LogP contribution in [0.4, 0.5) is 18.0 Å². The lowest BCUT2D eigenvalue weighted by atomic mass is 9.77. The van der Waals surface area contributed by atoms with Crippen molar-refractivity contribution in [2.45, 2.75) is 49.9 Å². The molecule has 2 N–H and O–H groups in total. The van der Waals surface area contributed by atoms with Gasteiger partial charge in [0, 0.05) is 6.04 Å². The van der Waals surface area contributed by atoms with Crippen LogP contribution in [0.5, 0.6) is 0 Å². The highest BCUT2D eigenvalue weighted by atomic mass is 19.4. The lowest BCUT2D eigenvalue weighted by molar-refractivity contribution is -0.149. The molecule has 0 bridgehead atoms. The van der Waals surface area contributed by atoms with E-state index in [1.165, 1.54) is 0 Å². The van der Waals surface area contributed by atoms with Crippen molar-refractivity contribution < 1.29 is 27.9 Å². The Hall–Kier alpha value is -1.47. The molecule has 2 aliphatic carbocycles. The van der Waals surface area contributed by atoms with E-state index in [2.05, 4.69) is 5.32 Å².